The van der Waals surface area contributed by atoms with Crippen LogP contribution in [-0.4, -0.2) is 22.4 Å². The van der Waals surface area contributed by atoms with Crippen LogP contribution in [0.25, 0.3) is 16.8 Å². The number of nitrogens with zero attached hydrogens (tertiary/aromatic N) is 3. The van der Waals surface area contributed by atoms with E-state index >= 15 is 0 Å². The summed E-state index contributed by atoms with van der Waals surface area (Å²) in [5, 5.41) is 9.36. The molecule has 5 heteroatoms. The summed E-state index contributed by atoms with van der Waals surface area (Å²) in [5.74, 6) is 0.452. The predicted octanol–water partition coefficient (Wildman–Crippen LogP) is 4.65. The summed E-state index contributed by atoms with van der Waals surface area (Å²) in [6.07, 6.45) is 3.32. The van der Waals surface area contributed by atoms with Gasteiger partial charge in [0.2, 0.25) is 5.78 Å². The Morgan fingerprint density at radius 1 is 1.03 bits per heavy atom. The van der Waals surface area contributed by atoms with Crippen molar-refractivity contribution < 1.29 is 9.53 Å². The monoisotopic (exact) mass is 379 g/mol. The lowest BCUT2D eigenvalue weighted by Crippen LogP contribution is -2.02. The van der Waals surface area contributed by atoms with E-state index in [1.54, 1.807) is 54.5 Å². The molecule has 0 radical (unpaired) electrons. The summed E-state index contributed by atoms with van der Waals surface area (Å²) >= 11 is 0. The van der Waals surface area contributed by atoms with Gasteiger partial charge in [-0.25, -0.2) is 4.98 Å². The quantitative estimate of drug-likeness (QED) is 0.473. The third-order valence-electron chi connectivity index (χ3n) is 4.65. The molecule has 4 rings (SSSR count). The van der Waals surface area contributed by atoms with Crippen LogP contribution >= 0.6 is 0 Å². The molecule has 0 amide bonds. The Labute approximate surface area is 168 Å². The number of rotatable bonds is 5. The van der Waals surface area contributed by atoms with Gasteiger partial charge in [0.05, 0.1) is 18.7 Å². The number of nitriles is 1. The molecule has 0 aliphatic heterocycles. The zero-order chi connectivity index (χ0) is 20.2. The normalized spacial score (nSPS) is 10.3. The molecule has 0 fully saturated rings. The first-order chi connectivity index (χ1) is 14.2. The minimum atomic E-state index is -0.173. The van der Waals surface area contributed by atoms with Crippen LogP contribution in [0.4, 0.5) is 0 Å². The maximum Gasteiger partial charge on any atom is 0.213 e. The fourth-order valence-corrected chi connectivity index (χ4v) is 3.16. The second-order valence-electron chi connectivity index (χ2n) is 6.43. The van der Waals surface area contributed by atoms with E-state index in [4.69, 9.17) is 4.74 Å². The topological polar surface area (TPSA) is 67.9 Å². The van der Waals surface area contributed by atoms with Crippen LogP contribution < -0.4 is 4.74 Å². The van der Waals surface area contributed by atoms with Crippen molar-refractivity contribution in [2.24, 2.45) is 0 Å². The van der Waals surface area contributed by atoms with Crippen molar-refractivity contribution in [1.82, 2.24) is 9.55 Å². The number of aromatic nitrogens is 2. The molecular weight excluding hydrogens is 362 g/mol. The van der Waals surface area contributed by atoms with Crippen molar-refractivity contribution in [3.63, 3.8) is 0 Å². The Kier molecular flexibility index (Phi) is 4.91. The molecule has 1 heterocycles. The number of benzene rings is 3. The Hall–Kier alpha value is -4.17. The van der Waals surface area contributed by atoms with E-state index < -0.39 is 0 Å². The van der Waals surface area contributed by atoms with Gasteiger partial charge in [-0.15, -0.1) is 0 Å². The molecule has 5 nitrogen and oxygen atoms in total. The highest BCUT2D eigenvalue weighted by Crippen LogP contribution is 2.25. The van der Waals surface area contributed by atoms with Crippen LogP contribution in [0.2, 0.25) is 0 Å². The fraction of sp³-hybridized carbons (Fsp3) is 0.0417. The lowest BCUT2D eigenvalue weighted by molar-refractivity contribution is 0.103. The van der Waals surface area contributed by atoms with Crippen LogP contribution in [-0.2, 0) is 0 Å². The van der Waals surface area contributed by atoms with Gasteiger partial charge in [0.15, 0.2) is 0 Å². The van der Waals surface area contributed by atoms with Crippen LogP contribution in [0.5, 0.6) is 5.75 Å². The average Bonchev–Trinajstić information content (AvgIpc) is 3.29. The van der Waals surface area contributed by atoms with Gasteiger partial charge in [-0.2, -0.15) is 5.26 Å². The van der Waals surface area contributed by atoms with Crippen LogP contribution in [0.3, 0.4) is 0 Å². The smallest absolute Gasteiger partial charge is 0.213 e. The Morgan fingerprint density at radius 2 is 1.86 bits per heavy atom. The number of methoxy groups -OCH3 is 1. The number of carbonyl (C=O) groups excluding carboxylic acids is 1. The molecular formula is C24H17N3O2. The van der Waals surface area contributed by atoms with Crippen LogP contribution in [0, 0.1) is 11.3 Å². The Balaban J connectivity index is 1.67. The zero-order valence-corrected chi connectivity index (χ0v) is 15.7. The van der Waals surface area contributed by atoms with Gasteiger partial charge in [-0.1, -0.05) is 42.5 Å². The molecule has 1 aromatic heterocycles. The summed E-state index contributed by atoms with van der Waals surface area (Å²) in [4.78, 5) is 17.0. The van der Waals surface area contributed by atoms with Crippen molar-refractivity contribution in [3.8, 4) is 28.6 Å². The molecule has 0 aliphatic carbocycles. The fourth-order valence-electron chi connectivity index (χ4n) is 3.16. The first kappa shape index (κ1) is 18.2. The van der Waals surface area contributed by atoms with E-state index in [0.29, 0.717) is 22.6 Å². The van der Waals surface area contributed by atoms with Gasteiger partial charge >= 0.3 is 0 Å². The van der Waals surface area contributed by atoms with Gasteiger partial charge in [-0.05, 0) is 41.5 Å². The number of hydrogen-bond acceptors (Lipinski definition) is 4. The summed E-state index contributed by atoms with van der Waals surface area (Å²) in [5.41, 5.74) is 4.13. The molecule has 0 unspecified atom stereocenters. The highest BCUT2D eigenvalue weighted by atomic mass is 16.5. The molecule has 0 N–H and O–H groups in total. The van der Waals surface area contributed by atoms with E-state index in [1.807, 2.05) is 42.5 Å². The SMILES string of the molecule is COc1cccc(C(=O)c2cn(-c3cccc(-c4ccccc4C#N)c3)cn2)c1. The summed E-state index contributed by atoms with van der Waals surface area (Å²) < 4.78 is 6.99. The van der Waals surface area contributed by atoms with Crippen LogP contribution in [0.15, 0.2) is 85.3 Å². The molecule has 0 atom stereocenters. The molecule has 0 saturated heterocycles. The number of imidazole rings is 1. The maximum absolute atomic E-state index is 12.8. The van der Waals surface area contributed by atoms with Gasteiger partial charge < -0.3 is 9.30 Å². The second kappa shape index (κ2) is 7.83. The molecule has 0 bridgehead atoms. The number of hydrogen-bond donors (Lipinski definition) is 0. The standard InChI is InChI=1S/C24H17N3O2/c1-29-21-10-5-8-18(13-21)24(28)23-15-27(16-26-23)20-9-4-7-17(12-20)22-11-3-2-6-19(22)14-25/h2-13,15-16H,1H3. The number of ketones is 1. The van der Waals surface area contributed by atoms with Gasteiger partial charge in [0, 0.05) is 17.4 Å². The van der Waals surface area contributed by atoms with Crippen LogP contribution in [0.1, 0.15) is 21.6 Å². The molecule has 140 valence electrons. The zero-order valence-electron chi connectivity index (χ0n) is 15.7. The molecule has 0 saturated carbocycles. The van der Waals surface area contributed by atoms with Crippen molar-refractivity contribution in [2.75, 3.05) is 7.11 Å². The predicted molar refractivity (Wildman–Crippen MR) is 110 cm³/mol. The van der Waals surface area contributed by atoms with Gasteiger partial charge in [0.1, 0.15) is 17.8 Å². The lowest BCUT2D eigenvalue weighted by atomic mass is 10.00. The first-order valence-electron chi connectivity index (χ1n) is 9.02. The minimum Gasteiger partial charge on any atom is -0.497 e. The highest BCUT2D eigenvalue weighted by molar-refractivity contribution is 6.07. The maximum atomic E-state index is 12.8. The van der Waals surface area contributed by atoms with Crippen molar-refractivity contribution >= 4 is 5.78 Å². The van der Waals surface area contributed by atoms with E-state index in [0.717, 1.165) is 16.8 Å². The van der Waals surface area contributed by atoms with Gasteiger partial charge in [-0.3, -0.25) is 4.79 Å². The highest BCUT2D eigenvalue weighted by Gasteiger charge is 2.14. The Morgan fingerprint density at radius 3 is 2.69 bits per heavy atom. The molecule has 3 aromatic carbocycles. The molecule has 0 spiro atoms. The van der Waals surface area contributed by atoms with E-state index in [9.17, 15) is 10.1 Å². The lowest BCUT2D eigenvalue weighted by Gasteiger charge is -2.07. The van der Waals surface area contributed by atoms with E-state index in [-0.39, 0.29) is 5.78 Å². The minimum absolute atomic E-state index is 0.173. The number of ether oxygens (including phenoxy) is 1. The molecule has 4 aromatic rings. The molecule has 0 aliphatic rings. The van der Waals surface area contributed by atoms with Crippen molar-refractivity contribution in [3.05, 3.63) is 102 Å². The second-order valence-corrected chi connectivity index (χ2v) is 6.43. The summed E-state index contributed by atoms with van der Waals surface area (Å²) in [6.45, 7) is 0. The number of carbonyl (C=O) groups is 1. The average molecular weight is 379 g/mol. The molecule has 29 heavy (non-hydrogen) atoms. The van der Waals surface area contributed by atoms with Gasteiger partial charge in [0.25, 0.3) is 0 Å². The summed E-state index contributed by atoms with van der Waals surface area (Å²) in [6, 6.07) is 24.5. The van der Waals surface area contributed by atoms with Crippen molar-refractivity contribution in [2.45, 2.75) is 0 Å². The van der Waals surface area contributed by atoms with E-state index in [1.165, 1.54) is 0 Å². The van der Waals surface area contributed by atoms with Crippen molar-refractivity contribution in [1.29, 1.82) is 5.26 Å². The Bertz CT molecular complexity index is 1230. The largest absolute Gasteiger partial charge is 0.497 e. The first-order valence-corrected chi connectivity index (χ1v) is 9.02. The van der Waals surface area contributed by atoms with E-state index in [2.05, 4.69) is 11.1 Å². The third kappa shape index (κ3) is 3.64. The summed E-state index contributed by atoms with van der Waals surface area (Å²) in [7, 11) is 1.57. The third-order valence-corrected chi connectivity index (χ3v) is 4.65.